The molecule has 0 spiro atoms. The molecule has 2 heterocycles. The first-order valence-electron chi connectivity index (χ1n) is 6.41. The number of rotatable bonds is 2. The van der Waals surface area contributed by atoms with Gasteiger partial charge in [-0.1, -0.05) is 11.6 Å². The van der Waals surface area contributed by atoms with E-state index < -0.39 is 10.0 Å². The molecule has 0 aliphatic carbocycles. The lowest BCUT2D eigenvalue weighted by molar-refractivity contribution is 0.586. The topological polar surface area (TPSA) is 58.4 Å². The van der Waals surface area contributed by atoms with E-state index >= 15 is 0 Å². The van der Waals surface area contributed by atoms with Gasteiger partial charge in [0.1, 0.15) is 0 Å². The van der Waals surface area contributed by atoms with E-state index in [1.165, 1.54) is 16.8 Å². The van der Waals surface area contributed by atoms with Gasteiger partial charge >= 0.3 is 0 Å². The fourth-order valence-electron chi connectivity index (χ4n) is 2.38. The van der Waals surface area contributed by atoms with E-state index in [4.69, 9.17) is 11.6 Å². The van der Waals surface area contributed by atoms with Crippen molar-refractivity contribution in [1.29, 1.82) is 0 Å². The van der Waals surface area contributed by atoms with Crippen LogP contribution in [0.3, 0.4) is 0 Å². The number of nitrogens with zero attached hydrogens (tertiary/aromatic N) is 4. The molecule has 1 aliphatic rings. The standard InChI is InChI=1S/C13H15ClN4O2S/c1-16-8-13(15-9-16)21(19,20)18-6-5-17(2)12-7-10(14)3-4-11(12)18/h3-4,7-9H,5-6H2,1-2H3. The molecule has 0 fully saturated rings. The van der Waals surface area contributed by atoms with Crippen LogP contribution in [0.2, 0.25) is 5.02 Å². The minimum Gasteiger partial charge on any atom is -0.371 e. The molecule has 1 aromatic heterocycles. The average Bonchev–Trinajstić information content (AvgIpc) is 2.87. The van der Waals surface area contributed by atoms with Gasteiger partial charge in [-0.3, -0.25) is 4.31 Å². The summed E-state index contributed by atoms with van der Waals surface area (Å²) in [4.78, 5) is 5.96. The summed E-state index contributed by atoms with van der Waals surface area (Å²) in [6.07, 6.45) is 2.98. The lowest BCUT2D eigenvalue weighted by Crippen LogP contribution is -2.42. The zero-order chi connectivity index (χ0) is 15.2. The number of fused-ring (bicyclic) bond motifs is 1. The monoisotopic (exact) mass is 326 g/mol. The Balaban J connectivity index is 2.11. The number of halogens is 1. The number of aromatic nitrogens is 2. The Morgan fingerprint density at radius 2 is 1.95 bits per heavy atom. The van der Waals surface area contributed by atoms with Crippen LogP contribution >= 0.6 is 11.6 Å². The molecule has 8 heteroatoms. The number of anilines is 2. The third-order valence-electron chi connectivity index (χ3n) is 3.49. The van der Waals surface area contributed by atoms with Crippen molar-refractivity contribution in [2.24, 2.45) is 7.05 Å². The van der Waals surface area contributed by atoms with Gasteiger partial charge in [-0.05, 0) is 18.2 Å². The second-order valence-corrected chi connectivity index (χ2v) is 7.25. The molecule has 3 rings (SSSR count). The lowest BCUT2D eigenvalue weighted by atomic mass is 10.2. The molecule has 21 heavy (non-hydrogen) atoms. The van der Waals surface area contributed by atoms with Crippen LogP contribution in [-0.4, -0.2) is 38.1 Å². The van der Waals surface area contributed by atoms with Gasteiger partial charge in [-0.25, -0.2) is 4.98 Å². The van der Waals surface area contributed by atoms with Crippen molar-refractivity contribution in [2.75, 3.05) is 29.3 Å². The number of likely N-dealkylation sites (N-methyl/N-ethyl adjacent to an activating group) is 1. The third kappa shape index (κ3) is 2.36. The fourth-order valence-corrected chi connectivity index (χ4v) is 3.99. The van der Waals surface area contributed by atoms with Crippen molar-refractivity contribution in [3.63, 3.8) is 0 Å². The van der Waals surface area contributed by atoms with Gasteiger partial charge in [-0.2, -0.15) is 8.42 Å². The summed E-state index contributed by atoms with van der Waals surface area (Å²) in [5, 5.41) is 0.633. The summed E-state index contributed by atoms with van der Waals surface area (Å²) in [7, 11) is -0.00289. The molecule has 0 atom stereocenters. The average molecular weight is 327 g/mol. The van der Waals surface area contributed by atoms with Crippen molar-refractivity contribution in [2.45, 2.75) is 5.03 Å². The van der Waals surface area contributed by atoms with Crippen molar-refractivity contribution in [3.05, 3.63) is 35.7 Å². The quantitative estimate of drug-likeness (QED) is 0.843. The van der Waals surface area contributed by atoms with Crippen LogP contribution in [0.25, 0.3) is 0 Å². The first kappa shape index (κ1) is 14.2. The second kappa shape index (κ2) is 4.92. The van der Waals surface area contributed by atoms with E-state index in [1.54, 1.807) is 29.8 Å². The lowest BCUT2D eigenvalue weighted by Gasteiger charge is -2.35. The van der Waals surface area contributed by atoms with Gasteiger partial charge in [0.15, 0.2) is 5.03 Å². The van der Waals surface area contributed by atoms with Crippen molar-refractivity contribution < 1.29 is 8.42 Å². The molecule has 0 saturated carbocycles. The molecular formula is C13H15ClN4O2S. The molecule has 2 aromatic rings. The number of aryl methyl sites for hydroxylation is 1. The highest BCUT2D eigenvalue weighted by Gasteiger charge is 2.32. The number of imidazole rings is 1. The highest BCUT2D eigenvalue weighted by Crippen LogP contribution is 2.37. The summed E-state index contributed by atoms with van der Waals surface area (Å²) in [5.41, 5.74) is 1.42. The SMILES string of the molecule is CN1CCN(S(=O)(=O)c2cn(C)cn2)c2ccc(Cl)cc21. The third-order valence-corrected chi connectivity index (χ3v) is 5.43. The molecule has 112 valence electrons. The first-order valence-corrected chi connectivity index (χ1v) is 8.23. The van der Waals surface area contributed by atoms with Crippen molar-refractivity contribution in [3.8, 4) is 0 Å². The minimum atomic E-state index is -3.66. The van der Waals surface area contributed by atoms with Gasteiger partial charge in [-0.15, -0.1) is 0 Å². The smallest absolute Gasteiger partial charge is 0.283 e. The van der Waals surface area contributed by atoms with Crippen LogP contribution in [0, 0.1) is 0 Å². The van der Waals surface area contributed by atoms with E-state index in [9.17, 15) is 8.42 Å². The molecule has 0 bridgehead atoms. The van der Waals surface area contributed by atoms with E-state index in [0.717, 1.165) is 5.69 Å². The summed E-state index contributed by atoms with van der Waals surface area (Å²) in [5.74, 6) is 0. The Kier molecular flexibility index (Phi) is 3.33. The molecule has 0 amide bonds. The zero-order valence-corrected chi connectivity index (χ0v) is 13.3. The Bertz CT molecular complexity index is 787. The maximum absolute atomic E-state index is 12.8. The predicted molar refractivity (Wildman–Crippen MR) is 82.5 cm³/mol. The van der Waals surface area contributed by atoms with Crippen LogP contribution in [0.1, 0.15) is 0 Å². The number of hydrogen-bond acceptors (Lipinski definition) is 4. The van der Waals surface area contributed by atoms with Gasteiger partial charge in [0.25, 0.3) is 10.0 Å². The summed E-state index contributed by atoms with van der Waals surface area (Å²) < 4.78 is 28.5. The Labute approximate surface area is 128 Å². The van der Waals surface area contributed by atoms with E-state index in [1.807, 2.05) is 11.9 Å². The highest BCUT2D eigenvalue weighted by atomic mass is 35.5. The molecule has 1 aromatic carbocycles. The summed E-state index contributed by atoms with van der Waals surface area (Å²) in [6, 6.07) is 5.20. The van der Waals surface area contributed by atoms with Gasteiger partial charge < -0.3 is 9.47 Å². The van der Waals surface area contributed by atoms with E-state index in [2.05, 4.69) is 4.98 Å². The van der Waals surface area contributed by atoms with Crippen LogP contribution in [-0.2, 0) is 17.1 Å². The number of hydrogen-bond donors (Lipinski definition) is 0. The maximum Gasteiger partial charge on any atom is 0.283 e. The van der Waals surface area contributed by atoms with Crippen LogP contribution in [0.4, 0.5) is 11.4 Å². The van der Waals surface area contributed by atoms with Crippen molar-refractivity contribution in [1.82, 2.24) is 9.55 Å². The maximum atomic E-state index is 12.8. The van der Waals surface area contributed by atoms with Gasteiger partial charge in [0, 0.05) is 31.9 Å². The van der Waals surface area contributed by atoms with Gasteiger partial charge in [0.2, 0.25) is 0 Å². The molecule has 0 radical (unpaired) electrons. The van der Waals surface area contributed by atoms with Crippen LogP contribution < -0.4 is 9.21 Å². The Morgan fingerprint density at radius 1 is 1.19 bits per heavy atom. The highest BCUT2D eigenvalue weighted by molar-refractivity contribution is 7.92. The Morgan fingerprint density at radius 3 is 2.62 bits per heavy atom. The molecule has 6 nitrogen and oxygen atoms in total. The molecular weight excluding hydrogens is 312 g/mol. The van der Waals surface area contributed by atoms with Crippen LogP contribution in [0.5, 0.6) is 0 Å². The number of sulfonamides is 1. The van der Waals surface area contributed by atoms with Crippen molar-refractivity contribution >= 4 is 33.0 Å². The summed E-state index contributed by atoms with van der Waals surface area (Å²) in [6.45, 7) is 0.976. The fraction of sp³-hybridized carbons (Fsp3) is 0.308. The molecule has 0 N–H and O–H groups in total. The largest absolute Gasteiger partial charge is 0.371 e. The molecule has 0 saturated heterocycles. The second-order valence-electron chi connectivity index (χ2n) is 5.01. The zero-order valence-electron chi connectivity index (χ0n) is 11.7. The summed E-state index contributed by atoms with van der Waals surface area (Å²) >= 11 is 6.01. The Hall–Kier alpha value is -1.73. The van der Waals surface area contributed by atoms with Crippen LogP contribution in [0.15, 0.2) is 35.7 Å². The van der Waals surface area contributed by atoms with E-state index in [-0.39, 0.29) is 5.03 Å². The first-order chi connectivity index (χ1) is 9.89. The van der Waals surface area contributed by atoms with E-state index in [0.29, 0.717) is 23.8 Å². The van der Waals surface area contributed by atoms with Gasteiger partial charge in [0.05, 0.1) is 24.2 Å². The predicted octanol–water partition coefficient (Wildman–Crippen LogP) is 1.72. The molecule has 0 unspecified atom stereocenters. The normalized spacial score (nSPS) is 15.2. The molecule has 1 aliphatic heterocycles. The minimum absolute atomic E-state index is 0.0513. The number of benzene rings is 1.